The van der Waals surface area contributed by atoms with Gasteiger partial charge in [-0.05, 0) is 44.5 Å². The fourth-order valence-electron chi connectivity index (χ4n) is 3.56. The zero-order chi connectivity index (χ0) is 20.5. The molecule has 0 unspecified atom stereocenters. The summed E-state index contributed by atoms with van der Waals surface area (Å²) in [5, 5.41) is 6.60. The van der Waals surface area contributed by atoms with Crippen LogP contribution in [0.25, 0.3) is 0 Å². The Balaban J connectivity index is 1.84. The summed E-state index contributed by atoms with van der Waals surface area (Å²) in [5.74, 6) is 1.80. The molecule has 7 nitrogen and oxygen atoms in total. The minimum absolute atomic E-state index is 0.144. The van der Waals surface area contributed by atoms with Crippen LogP contribution < -0.4 is 25.9 Å². The average molecular weight is 390 g/mol. The third kappa shape index (κ3) is 3.59. The Morgan fingerprint density at radius 2 is 1.93 bits per heavy atom. The number of hydrogen-bond donors (Lipinski definition) is 3. The van der Waals surface area contributed by atoms with Crippen molar-refractivity contribution in [1.29, 1.82) is 0 Å². The van der Waals surface area contributed by atoms with Crippen LogP contribution in [0.3, 0.4) is 0 Å². The normalized spacial score (nSPS) is 15.2. The monoisotopic (exact) mass is 390 g/mol. The van der Waals surface area contributed by atoms with Gasteiger partial charge in [0.1, 0.15) is 11.4 Å². The molecule has 1 atom stereocenters. The molecule has 29 heavy (non-hydrogen) atoms. The molecule has 7 heteroatoms. The number of hydrogen-bond acceptors (Lipinski definition) is 5. The number of rotatable bonds is 3. The van der Waals surface area contributed by atoms with Crippen molar-refractivity contribution >= 4 is 17.6 Å². The minimum atomic E-state index is -0.476. The van der Waals surface area contributed by atoms with Crippen molar-refractivity contribution in [1.82, 2.24) is 9.55 Å². The SMILES string of the molecule is COc1ccccc1[C@H]1[NH+]=C(Nc2ccc(C)cc2C)Nc2nc(C)cc(=O)n21. The smallest absolute Gasteiger partial charge is 0.357 e. The van der Waals surface area contributed by atoms with Gasteiger partial charge in [-0.25, -0.2) is 20.2 Å². The van der Waals surface area contributed by atoms with E-state index in [0.29, 0.717) is 23.4 Å². The molecule has 0 spiro atoms. The molecule has 3 aromatic rings. The number of methoxy groups -OCH3 is 1. The minimum Gasteiger partial charge on any atom is -0.496 e. The van der Waals surface area contributed by atoms with E-state index in [4.69, 9.17) is 4.74 Å². The van der Waals surface area contributed by atoms with Crippen LogP contribution in [0, 0.1) is 20.8 Å². The summed E-state index contributed by atoms with van der Waals surface area (Å²) >= 11 is 0. The second-order valence-corrected chi connectivity index (χ2v) is 7.16. The summed E-state index contributed by atoms with van der Waals surface area (Å²) in [4.78, 5) is 20.7. The number of nitrogens with one attached hydrogen (secondary N) is 3. The van der Waals surface area contributed by atoms with Gasteiger partial charge in [0.05, 0.1) is 12.7 Å². The lowest BCUT2D eigenvalue weighted by Gasteiger charge is -2.24. The lowest BCUT2D eigenvalue weighted by atomic mass is 10.1. The number of para-hydroxylation sites is 1. The van der Waals surface area contributed by atoms with Gasteiger partial charge in [0.25, 0.3) is 11.5 Å². The first kappa shape index (κ1) is 18.7. The summed E-state index contributed by atoms with van der Waals surface area (Å²) in [6.07, 6.45) is -0.476. The predicted molar refractivity (Wildman–Crippen MR) is 113 cm³/mol. The Kier molecular flexibility index (Phi) is 4.80. The number of aryl methyl sites for hydroxylation is 3. The Morgan fingerprint density at radius 1 is 1.14 bits per heavy atom. The standard InChI is InChI=1S/C22H23N5O2/c1-13-9-10-17(14(2)11-13)24-21-25-20(16-7-5-6-8-18(16)29-4)27-19(28)12-15(3)23-22(27)26-21/h5-12,20H,1-4H3,(H2,23,24,25,26)/p+1/t20-/m0/s1. The first-order valence-corrected chi connectivity index (χ1v) is 9.44. The highest BCUT2D eigenvalue weighted by molar-refractivity contribution is 5.99. The number of benzene rings is 2. The number of fused-ring (bicyclic) bond motifs is 1. The molecule has 1 aromatic heterocycles. The van der Waals surface area contributed by atoms with E-state index in [2.05, 4.69) is 46.6 Å². The van der Waals surface area contributed by atoms with Crippen molar-refractivity contribution in [3.8, 4) is 5.75 Å². The van der Waals surface area contributed by atoms with Gasteiger partial charge in [0.2, 0.25) is 0 Å². The molecule has 1 aliphatic rings. The van der Waals surface area contributed by atoms with Crippen molar-refractivity contribution in [3.05, 3.63) is 81.3 Å². The van der Waals surface area contributed by atoms with Crippen molar-refractivity contribution < 1.29 is 9.73 Å². The number of ether oxygens (including phenoxy) is 1. The van der Waals surface area contributed by atoms with Gasteiger partial charge < -0.3 is 4.74 Å². The van der Waals surface area contributed by atoms with E-state index in [0.717, 1.165) is 16.8 Å². The lowest BCUT2D eigenvalue weighted by molar-refractivity contribution is -0.520. The van der Waals surface area contributed by atoms with Crippen molar-refractivity contribution in [3.63, 3.8) is 0 Å². The van der Waals surface area contributed by atoms with E-state index in [1.165, 1.54) is 11.6 Å². The van der Waals surface area contributed by atoms with Gasteiger partial charge in [-0.3, -0.25) is 9.79 Å². The first-order valence-electron chi connectivity index (χ1n) is 9.44. The van der Waals surface area contributed by atoms with E-state index in [1.807, 2.05) is 30.3 Å². The maximum Gasteiger partial charge on any atom is 0.357 e. The molecule has 0 radical (unpaired) electrons. The molecule has 2 aromatic carbocycles. The number of anilines is 2. The van der Waals surface area contributed by atoms with Gasteiger partial charge in [0, 0.05) is 11.8 Å². The Hall–Kier alpha value is -3.61. The highest BCUT2D eigenvalue weighted by atomic mass is 16.5. The molecule has 0 amide bonds. The fourth-order valence-corrected chi connectivity index (χ4v) is 3.56. The predicted octanol–water partition coefficient (Wildman–Crippen LogP) is 1.70. The topological polar surface area (TPSA) is 82.2 Å². The highest BCUT2D eigenvalue weighted by Gasteiger charge is 2.31. The largest absolute Gasteiger partial charge is 0.496 e. The van der Waals surface area contributed by atoms with Crippen LogP contribution in [0.1, 0.15) is 28.6 Å². The molecule has 1 aliphatic heterocycles. The highest BCUT2D eigenvalue weighted by Crippen LogP contribution is 2.25. The Labute approximate surface area is 169 Å². The zero-order valence-corrected chi connectivity index (χ0v) is 16.9. The van der Waals surface area contributed by atoms with Gasteiger partial charge in [0.15, 0.2) is 6.17 Å². The van der Waals surface area contributed by atoms with Crippen molar-refractivity contribution in [2.75, 3.05) is 17.7 Å². The van der Waals surface area contributed by atoms with E-state index in [9.17, 15) is 4.79 Å². The Morgan fingerprint density at radius 3 is 2.69 bits per heavy atom. The number of aromatic nitrogens is 2. The number of nitrogens with zero attached hydrogens (tertiary/aromatic N) is 2. The van der Waals surface area contributed by atoms with Gasteiger partial charge in [-0.15, -0.1) is 0 Å². The van der Waals surface area contributed by atoms with Gasteiger partial charge in [-0.2, -0.15) is 0 Å². The summed E-state index contributed by atoms with van der Waals surface area (Å²) in [7, 11) is 1.62. The quantitative estimate of drug-likeness (QED) is 0.634. The van der Waals surface area contributed by atoms with E-state index in [1.54, 1.807) is 18.6 Å². The fraction of sp³-hybridized carbons (Fsp3) is 0.227. The maximum absolute atomic E-state index is 12.8. The van der Waals surface area contributed by atoms with Crippen LogP contribution in [0.15, 0.2) is 53.3 Å². The molecular formula is C22H24N5O2+. The second kappa shape index (κ2) is 7.43. The molecule has 3 N–H and O–H groups in total. The molecule has 0 saturated heterocycles. The molecule has 0 fully saturated rings. The van der Waals surface area contributed by atoms with Crippen LogP contribution in [0.4, 0.5) is 11.6 Å². The third-order valence-corrected chi connectivity index (χ3v) is 4.93. The van der Waals surface area contributed by atoms with Crippen LogP contribution in [-0.2, 0) is 0 Å². The maximum atomic E-state index is 12.8. The lowest BCUT2D eigenvalue weighted by Crippen LogP contribution is -2.82. The van der Waals surface area contributed by atoms with Crippen LogP contribution >= 0.6 is 0 Å². The van der Waals surface area contributed by atoms with Crippen LogP contribution in [0.2, 0.25) is 0 Å². The van der Waals surface area contributed by atoms with Gasteiger partial charge >= 0.3 is 5.96 Å². The molecule has 4 rings (SSSR count). The van der Waals surface area contributed by atoms with Crippen LogP contribution in [-0.4, -0.2) is 22.6 Å². The number of guanidine groups is 1. The molecule has 0 aliphatic carbocycles. The molecule has 0 bridgehead atoms. The molecule has 2 heterocycles. The first-order chi connectivity index (χ1) is 14.0. The zero-order valence-electron chi connectivity index (χ0n) is 16.9. The summed E-state index contributed by atoms with van der Waals surface area (Å²) < 4.78 is 7.13. The van der Waals surface area contributed by atoms with E-state index < -0.39 is 6.17 Å². The van der Waals surface area contributed by atoms with E-state index >= 15 is 0 Å². The Bertz CT molecular complexity index is 1170. The summed E-state index contributed by atoms with van der Waals surface area (Å²) in [6.45, 7) is 5.92. The molecule has 148 valence electrons. The second-order valence-electron chi connectivity index (χ2n) is 7.16. The van der Waals surface area contributed by atoms with E-state index in [-0.39, 0.29) is 5.56 Å². The van der Waals surface area contributed by atoms with Gasteiger partial charge in [-0.1, -0.05) is 29.8 Å². The van der Waals surface area contributed by atoms with Crippen LogP contribution in [0.5, 0.6) is 5.75 Å². The van der Waals surface area contributed by atoms with Crippen molar-refractivity contribution in [2.45, 2.75) is 26.9 Å². The summed E-state index contributed by atoms with van der Waals surface area (Å²) in [5.41, 5.74) is 4.63. The van der Waals surface area contributed by atoms with Crippen molar-refractivity contribution in [2.24, 2.45) is 0 Å². The molecule has 0 saturated carbocycles. The summed E-state index contributed by atoms with van der Waals surface area (Å²) in [6, 6.07) is 15.4. The molecular weight excluding hydrogens is 366 g/mol. The third-order valence-electron chi connectivity index (χ3n) is 4.93. The average Bonchev–Trinajstić information content (AvgIpc) is 2.69.